The molecule has 0 bridgehead atoms. The molecule has 4 aliphatic carbocycles. The number of fused-ring (bicyclic) bond motifs is 5. The average Bonchev–Trinajstić information content (AvgIpc) is 2.53. The maximum Gasteiger partial charge on any atom is 0.136 e. The first kappa shape index (κ1) is 17.1. The van der Waals surface area contributed by atoms with Crippen molar-refractivity contribution in [3.63, 3.8) is 0 Å². The third kappa shape index (κ3) is 2.21. The van der Waals surface area contributed by atoms with Gasteiger partial charge in [0.05, 0.1) is 6.10 Å². The van der Waals surface area contributed by atoms with Crippen LogP contribution < -0.4 is 0 Å². The van der Waals surface area contributed by atoms with E-state index in [-0.39, 0.29) is 11.3 Å². The molecule has 0 heterocycles. The largest absolute Gasteiger partial charge is 0.387 e. The molecular formula is C21H31ClO2. The number of hydrogen-bond acceptors (Lipinski definition) is 2. The Bertz CT molecular complexity index is 584. The molecule has 8 atom stereocenters. The summed E-state index contributed by atoms with van der Waals surface area (Å²) in [6, 6.07) is 0. The van der Waals surface area contributed by atoms with E-state index in [1.165, 1.54) is 19.3 Å². The third-order valence-electron chi connectivity index (χ3n) is 8.70. The van der Waals surface area contributed by atoms with E-state index in [2.05, 4.69) is 26.8 Å². The molecule has 0 unspecified atom stereocenters. The van der Waals surface area contributed by atoms with Gasteiger partial charge in [-0.2, -0.15) is 0 Å². The van der Waals surface area contributed by atoms with Gasteiger partial charge in [-0.1, -0.05) is 38.4 Å². The Balaban J connectivity index is 1.66. The molecule has 1 N–H and O–H groups in total. The topological polar surface area (TPSA) is 37.3 Å². The van der Waals surface area contributed by atoms with Crippen molar-refractivity contribution in [3.8, 4) is 0 Å². The second-order valence-electron chi connectivity index (χ2n) is 9.70. The highest BCUT2D eigenvalue weighted by molar-refractivity contribution is 6.30. The average molecular weight is 351 g/mol. The number of carbonyl (C=O) groups is 1. The Labute approximate surface area is 151 Å². The Morgan fingerprint density at radius 3 is 2.67 bits per heavy atom. The summed E-state index contributed by atoms with van der Waals surface area (Å²) in [7, 11) is 0. The van der Waals surface area contributed by atoms with Gasteiger partial charge in [0, 0.05) is 22.8 Å². The van der Waals surface area contributed by atoms with Gasteiger partial charge in [0.2, 0.25) is 0 Å². The van der Waals surface area contributed by atoms with Gasteiger partial charge in [0.25, 0.3) is 0 Å². The van der Waals surface area contributed by atoms with Gasteiger partial charge < -0.3 is 5.11 Å². The second kappa shape index (κ2) is 5.58. The van der Waals surface area contributed by atoms with Crippen LogP contribution in [0.15, 0.2) is 11.1 Å². The summed E-state index contributed by atoms with van der Waals surface area (Å²) >= 11 is 6.30. The van der Waals surface area contributed by atoms with Crippen molar-refractivity contribution in [1.29, 1.82) is 0 Å². The van der Waals surface area contributed by atoms with Crippen LogP contribution in [0.2, 0.25) is 0 Å². The highest BCUT2D eigenvalue weighted by Crippen LogP contribution is 2.65. The van der Waals surface area contributed by atoms with Gasteiger partial charge in [-0.25, -0.2) is 0 Å². The lowest BCUT2D eigenvalue weighted by Gasteiger charge is -2.62. The van der Waals surface area contributed by atoms with Crippen molar-refractivity contribution < 1.29 is 9.90 Å². The summed E-state index contributed by atoms with van der Waals surface area (Å²) in [5.41, 5.74) is 0.250. The van der Waals surface area contributed by atoms with E-state index in [1.807, 2.05) is 0 Å². The van der Waals surface area contributed by atoms with Crippen molar-refractivity contribution >= 4 is 17.4 Å². The Morgan fingerprint density at radius 1 is 1.17 bits per heavy atom. The number of allylic oxidation sites excluding steroid dienone is 1. The predicted molar refractivity (Wildman–Crippen MR) is 96.6 cm³/mol. The van der Waals surface area contributed by atoms with Gasteiger partial charge in [0.1, 0.15) is 5.78 Å². The minimum atomic E-state index is -0.490. The zero-order valence-electron chi connectivity index (χ0n) is 15.2. The molecule has 0 radical (unpaired) electrons. The number of ketones is 1. The first-order chi connectivity index (χ1) is 11.3. The van der Waals surface area contributed by atoms with Crippen LogP contribution in [0.3, 0.4) is 0 Å². The summed E-state index contributed by atoms with van der Waals surface area (Å²) < 4.78 is 0. The fourth-order valence-corrected chi connectivity index (χ4v) is 7.54. The molecule has 134 valence electrons. The summed E-state index contributed by atoms with van der Waals surface area (Å²) in [6.07, 6.45) is 9.14. The van der Waals surface area contributed by atoms with Gasteiger partial charge in [-0.15, -0.1) is 0 Å². The van der Waals surface area contributed by atoms with Gasteiger partial charge in [-0.05, 0) is 67.6 Å². The molecule has 0 aromatic heterocycles. The van der Waals surface area contributed by atoms with E-state index < -0.39 is 6.10 Å². The highest BCUT2D eigenvalue weighted by atomic mass is 35.5. The summed E-state index contributed by atoms with van der Waals surface area (Å²) in [4.78, 5) is 12.3. The summed E-state index contributed by atoms with van der Waals surface area (Å²) in [5.74, 6) is 3.23. The maximum absolute atomic E-state index is 12.3. The van der Waals surface area contributed by atoms with Crippen LogP contribution >= 0.6 is 11.6 Å². The minimum absolute atomic E-state index is 0.0632. The van der Waals surface area contributed by atoms with Gasteiger partial charge >= 0.3 is 0 Å². The lowest BCUT2D eigenvalue weighted by atomic mass is 9.42. The lowest BCUT2D eigenvalue weighted by Crippen LogP contribution is -2.57. The second-order valence-corrected chi connectivity index (χ2v) is 10.1. The molecule has 0 amide bonds. The zero-order valence-corrected chi connectivity index (χ0v) is 16.0. The van der Waals surface area contributed by atoms with E-state index in [0.717, 1.165) is 25.7 Å². The molecule has 3 heteroatoms. The molecule has 0 saturated heterocycles. The Morgan fingerprint density at radius 2 is 1.92 bits per heavy atom. The normalized spacial score (nSPS) is 54.4. The van der Waals surface area contributed by atoms with Crippen LogP contribution in [0, 0.1) is 40.4 Å². The van der Waals surface area contributed by atoms with E-state index in [0.29, 0.717) is 39.9 Å². The fourth-order valence-electron chi connectivity index (χ4n) is 7.20. The number of aliphatic hydroxyl groups is 1. The molecule has 0 aromatic carbocycles. The standard InChI is InChI=1S/C21H31ClO2/c1-12-11-21(3)13(10-18(12)23)4-5-14-15-6-7-17(22)19(24)20(15,2)9-8-16(14)21/h7,12-16,19,24H,4-6,8-11H2,1-3H3/t12-,13+,14+,15+,16+,19+,20+,21+/m1/s1. The molecule has 0 spiro atoms. The number of aliphatic hydroxyl groups excluding tert-OH is 1. The van der Waals surface area contributed by atoms with Crippen LogP contribution in [0.4, 0.5) is 0 Å². The van der Waals surface area contributed by atoms with E-state index in [1.54, 1.807) is 0 Å². The zero-order chi connectivity index (χ0) is 17.3. The van der Waals surface area contributed by atoms with E-state index in [9.17, 15) is 9.90 Å². The van der Waals surface area contributed by atoms with Crippen molar-refractivity contribution in [2.75, 3.05) is 0 Å². The van der Waals surface area contributed by atoms with Crippen molar-refractivity contribution in [2.24, 2.45) is 40.4 Å². The monoisotopic (exact) mass is 350 g/mol. The number of carbonyl (C=O) groups excluding carboxylic acids is 1. The van der Waals surface area contributed by atoms with Crippen molar-refractivity contribution in [2.45, 2.75) is 71.8 Å². The number of hydrogen-bond donors (Lipinski definition) is 1. The lowest BCUT2D eigenvalue weighted by molar-refractivity contribution is -0.155. The SMILES string of the molecule is C[C@@H]1C[C@@]2(C)[C@@H](CC[C@@H]3[C@@H]2CC[C@]2(C)[C@@H](O)C(Cl)=CC[C@@H]32)CC1=O. The smallest absolute Gasteiger partial charge is 0.136 e. The van der Waals surface area contributed by atoms with Crippen LogP contribution in [0.25, 0.3) is 0 Å². The number of halogens is 1. The van der Waals surface area contributed by atoms with Crippen molar-refractivity contribution in [3.05, 3.63) is 11.1 Å². The Hall–Kier alpha value is -0.340. The highest BCUT2D eigenvalue weighted by Gasteiger charge is 2.59. The van der Waals surface area contributed by atoms with Crippen LogP contribution in [-0.2, 0) is 4.79 Å². The molecule has 0 aromatic rings. The van der Waals surface area contributed by atoms with E-state index in [4.69, 9.17) is 11.6 Å². The summed E-state index contributed by atoms with van der Waals surface area (Å²) in [6.45, 7) is 6.87. The quantitative estimate of drug-likeness (QED) is 0.672. The summed E-state index contributed by atoms with van der Waals surface area (Å²) in [5, 5.41) is 11.4. The first-order valence-electron chi connectivity index (χ1n) is 9.83. The van der Waals surface area contributed by atoms with Crippen LogP contribution in [-0.4, -0.2) is 17.0 Å². The Kier molecular flexibility index (Phi) is 3.97. The van der Waals surface area contributed by atoms with Crippen LogP contribution in [0.1, 0.15) is 65.7 Å². The molecule has 4 rings (SSSR count). The molecule has 4 aliphatic rings. The molecule has 3 saturated carbocycles. The van der Waals surface area contributed by atoms with Gasteiger partial charge in [-0.3, -0.25) is 4.79 Å². The molecule has 2 nitrogen and oxygen atoms in total. The minimum Gasteiger partial charge on any atom is -0.387 e. The van der Waals surface area contributed by atoms with E-state index >= 15 is 0 Å². The number of Topliss-reactive ketones (excluding diaryl/α,β-unsaturated/α-hetero) is 1. The van der Waals surface area contributed by atoms with Crippen LogP contribution in [0.5, 0.6) is 0 Å². The fraction of sp³-hybridized carbons (Fsp3) is 0.857. The first-order valence-corrected chi connectivity index (χ1v) is 10.2. The van der Waals surface area contributed by atoms with Crippen molar-refractivity contribution in [1.82, 2.24) is 0 Å². The molecule has 3 fully saturated rings. The third-order valence-corrected chi connectivity index (χ3v) is 9.06. The maximum atomic E-state index is 12.3. The molecular weight excluding hydrogens is 320 g/mol. The predicted octanol–water partition coefficient (Wildman–Crippen LogP) is 4.94. The van der Waals surface area contributed by atoms with Gasteiger partial charge in [0.15, 0.2) is 0 Å². The molecule has 24 heavy (non-hydrogen) atoms. The number of rotatable bonds is 0. The molecule has 0 aliphatic heterocycles.